The van der Waals surface area contributed by atoms with Crippen LogP contribution in [0.1, 0.15) is 19.4 Å². The number of hydrogen-bond donors (Lipinski definition) is 2. The third-order valence-corrected chi connectivity index (χ3v) is 4.67. The van der Waals surface area contributed by atoms with E-state index in [9.17, 15) is 14.4 Å². The Morgan fingerprint density at radius 1 is 1.33 bits per heavy atom. The molecule has 0 saturated carbocycles. The molecule has 0 aliphatic rings. The molecule has 0 aliphatic heterocycles. The second-order valence-corrected chi connectivity index (χ2v) is 7.05. The van der Waals surface area contributed by atoms with Crippen LogP contribution in [0.15, 0.2) is 55.6 Å². The highest BCUT2D eigenvalue weighted by Crippen LogP contribution is 2.37. The minimum absolute atomic E-state index is 0.226. The Hall–Kier alpha value is -3.40. The Morgan fingerprint density at radius 3 is 2.77 bits per heavy atom. The highest BCUT2D eigenvalue weighted by atomic mass is 79.9. The molecular weight excluding hydrogens is 458 g/mol. The molecule has 3 rings (SSSR count). The zero-order valence-electron chi connectivity index (χ0n) is 16.1. The summed E-state index contributed by atoms with van der Waals surface area (Å²) in [5.74, 6) is -0.601. The summed E-state index contributed by atoms with van der Waals surface area (Å²) in [6.45, 7) is 3.49. The van der Waals surface area contributed by atoms with Gasteiger partial charge in [-0.2, -0.15) is 5.10 Å². The Kier molecular flexibility index (Phi) is 6.36. The zero-order valence-corrected chi connectivity index (χ0v) is 17.7. The van der Waals surface area contributed by atoms with Crippen molar-refractivity contribution in [1.29, 1.82) is 0 Å². The van der Waals surface area contributed by atoms with Crippen molar-refractivity contribution >= 4 is 39.0 Å². The maximum absolute atomic E-state index is 12.6. The van der Waals surface area contributed by atoms with Crippen molar-refractivity contribution in [1.82, 2.24) is 9.66 Å². The average Bonchev–Trinajstić information content (AvgIpc) is 2.70. The van der Waals surface area contributed by atoms with Gasteiger partial charge in [-0.05, 0) is 59.6 Å². The molecule has 1 heterocycles. The first-order valence-corrected chi connectivity index (χ1v) is 9.75. The number of hydrogen-bond acceptors (Lipinski definition) is 6. The number of carboxylic acids is 1. The van der Waals surface area contributed by atoms with E-state index >= 15 is 0 Å². The number of aliphatic carboxylic acids is 1. The first kappa shape index (κ1) is 21.3. The molecule has 0 saturated heterocycles. The molecule has 156 valence electrons. The topological polar surface area (TPSA) is 123 Å². The predicted octanol–water partition coefficient (Wildman–Crippen LogP) is 2.59. The van der Waals surface area contributed by atoms with Gasteiger partial charge in [0.1, 0.15) is 0 Å². The van der Waals surface area contributed by atoms with Crippen LogP contribution in [0.25, 0.3) is 10.9 Å². The van der Waals surface area contributed by atoms with Crippen LogP contribution in [0.4, 0.5) is 0 Å². The second-order valence-electron chi connectivity index (χ2n) is 6.20. The normalized spacial score (nSPS) is 12.2. The average molecular weight is 476 g/mol. The molecule has 9 nitrogen and oxygen atoms in total. The summed E-state index contributed by atoms with van der Waals surface area (Å²) in [6.07, 6.45) is 0.234. The highest BCUT2D eigenvalue weighted by Gasteiger charge is 2.19. The van der Waals surface area contributed by atoms with Crippen LogP contribution in [0.2, 0.25) is 0 Å². The molecule has 0 spiro atoms. The number of aromatic amines is 1. The Bertz CT molecular complexity index is 1250. The van der Waals surface area contributed by atoms with Gasteiger partial charge in [-0.25, -0.2) is 9.59 Å². The molecule has 1 unspecified atom stereocenters. The number of ether oxygens (including phenoxy) is 2. The van der Waals surface area contributed by atoms with Crippen molar-refractivity contribution in [3.63, 3.8) is 0 Å². The molecular formula is C20H18BrN3O6. The monoisotopic (exact) mass is 475 g/mol. The lowest BCUT2D eigenvalue weighted by Gasteiger charge is -2.16. The van der Waals surface area contributed by atoms with Crippen LogP contribution >= 0.6 is 15.9 Å². The summed E-state index contributed by atoms with van der Waals surface area (Å²) in [7, 11) is 0. The van der Waals surface area contributed by atoms with Crippen LogP contribution in [0.3, 0.4) is 0 Å². The molecule has 0 aliphatic carbocycles. The van der Waals surface area contributed by atoms with Gasteiger partial charge < -0.3 is 19.6 Å². The second kappa shape index (κ2) is 8.95. The number of fused-ring (bicyclic) bond motifs is 1. The maximum atomic E-state index is 12.6. The van der Waals surface area contributed by atoms with Crippen molar-refractivity contribution in [2.75, 3.05) is 6.61 Å². The molecule has 1 atom stereocenters. The molecule has 0 amide bonds. The zero-order chi connectivity index (χ0) is 21.8. The van der Waals surface area contributed by atoms with E-state index in [2.05, 4.69) is 26.0 Å². The van der Waals surface area contributed by atoms with Crippen LogP contribution in [-0.4, -0.2) is 39.7 Å². The lowest BCUT2D eigenvalue weighted by Crippen LogP contribution is -2.32. The van der Waals surface area contributed by atoms with Crippen molar-refractivity contribution in [3.05, 3.63) is 67.3 Å². The third-order valence-electron chi connectivity index (χ3n) is 4.08. The molecule has 1 aromatic heterocycles. The third kappa shape index (κ3) is 4.43. The summed E-state index contributed by atoms with van der Waals surface area (Å²) >= 11 is 3.34. The minimum Gasteiger partial charge on any atom is -0.490 e. The van der Waals surface area contributed by atoms with Crippen molar-refractivity contribution < 1.29 is 19.4 Å². The van der Waals surface area contributed by atoms with E-state index in [0.29, 0.717) is 33.3 Å². The quantitative estimate of drug-likeness (QED) is 0.506. The lowest BCUT2D eigenvalue weighted by atomic mass is 10.2. The molecule has 30 heavy (non-hydrogen) atoms. The number of H-pyrrole nitrogens is 1. The van der Waals surface area contributed by atoms with E-state index in [-0.39, 0.29) is 5.75 Å². The summed E-state index contributed by atoms with van der Waals surface area (Å²) in [4.78, 5) is 38.5. The lowest BCUT2D eigenvalue weighted by molar-refractivity contribution is -0.144. The standard InChI is InChI=1S/C20H18BrN3O6/c1-3-29-16-9-12(8-14(21)17(16)30-11(2)19(26)27)10-22-24-18(25)13-6-4-5-7-15(13)23-20(24)28/h4-11H,3H2,1-2H3,(H,23,28)(H,26,27). The van der Waals surface area contributed by atoms with E-state index in [1.54, 1.807) is 43.3 Å². The van der Waals surface area contributed by atoms with Crippen LogP contribution < -0.4 is 20.7 Å². The van der Waals surface area contributed by atoms with E-state index in [1.165, 1.54) is 13.1 Å². The number of halogens is 1. The van der Waals surface area contributed by atoms with Crippen LogP contribution in [0, 0.1) is 0 Å². The summed E-state index contributed by atoms with van der Waals surface area (Å²) in [5.41, 5.74) is -0.297. The first-order valence-electron chi connectivity index (χ1n) is 8.96. The Morgan fingerprint density at radius 2 is 2.07 bits per heavy atom. The van der Waals surface area contributed by atoms with Gasteiger partial charge >= 0.3 is 11.7 Å². The number of carboxylic acid groups (broad SMARTS) is 1. The van der Waals surface area contributed by atoms with Crippen molar-refractivity contribution in [2.24, 2.45) is 5.10 Å². The first-order chi connectivity index (χ1) is 14.3. The molecule has 3 aromatic rings. The molecule has 0 bridgehead atoms. The summed E-state index contributed by atoms with van der Waals surface area (Å²) < 4.78 is 12.2. The smallest absolute Gasteiger partial charge is 0.349 e. The van der Waals surface area contributed by atoms with Crippen LogP contribution in [-0.2, 0) is 4.79 Å². The van der Waals surface area contributed by atoms with Gasteiger partial charge in [0.05, 0.1) is 28.2 Å². The van der Waals surface area contributed by atoms with E-state index in [4.69, 9.17) is 14.6 Å². The fourth-order valence-electron chi connectivity index (χ4n) is 2.65. The molecule has 2 N–H and O–H groups in total. The number of rotatable bonds is 7. The van der Waals surface area contributed by atoms with Gasteiger partial charge in [-0.1, -0.05) is 12.1 Å². The SMILES string of the molecule is CCOc1cc(C=Nn2c(=O)[nH]c3ccccc3c2=O)cc(Br)c1OC(C)C(=O)O. The van der Waals surface area contributed by atoms with Crippen molar-refractivity contribution in [3.8, 4) is 11.5 Å². The number of aromatic nitrogens is 2. The predicted molar refractivity (Wildman–Crippen MR) is 115 cm³/mol. The molecule has 0 radical (unpaired) electrons. The number of nitrogens with one attached hydrogen (secondary N) is 1. The van der Waals surface area contributed by atoms with Gasteiger partial charge in [0, 0.05) is 0 Å². The maximum Gasteiger partial charge on any atom is 0.349 e. The fraction of sp³-hybridized carbons (Fsp3) is 0.200. The summed E-state index contributed by atoms with van der Waals surface area (Å²) in [5, 5.41) is 13.4. The van der Waals surface area contributed by atoms with Gasteiger partial charge in [0.2, 0.25) is 0 Å². The molecule has 0 fully saturated rings. The van der Waals surface area contributed by atoms with E-state index in [1.807, 2.05) is 0 Å². The Labute approximate surface area is 178 Å². The Balaban J connectivity index is 2.02. The fourth-order valence-corrected chi connectivity index (χ4v) is 3.20. The summed E-state index contributed by atoms with van der Waals surface area (Å²) in [6, 6.07) is 9.82. The van der Waals surface area contributed by atoms with Gasteiger partial charge in [-0.3, -0.25) is 4.79 Å². The van der Waals surface area contributed by atoms with Gasteiger partial charge in [0.25, 0.3) is 5.56 Å². The van der Waals surface area contributed by atoms with E-state index in [0.717, 1.165) is 4.68 Å². The van der Waals surface area contributed by atoms with Gasteiger partial charge in [-0.15, -0.1) is 4.68 Å². The largest absolute Gasteiger partial charge is 0.490 e. The van der Waals surface area contributed by atoms with E-state index < -0.39 is 23.3 Å². The van der Waals surface area contributed by atoms with Crippen molar-refractivity contribution in [2.45, 2.75) is 20.0 Å². The number of nitrogens with zero attached hydrogens (tertiary/aromatic N) is 2. The number of carbonyl (C=O) groups is 1. The van der Waals surface area contributed by atoms with Gasteiger partial charge in [0.15, 0.2) is 17.6 Å². The molecule has 10 heteroatoms. The van der Waals surface area contributed by atoms with Crippen LogP contribution in [0.5, 0.6) is 11.5 Å². The molecule has 2 aromatic carbocycles. The number of benzene rings is 2. The number of para-hydroxylation sites is 1. The highest BCUT2D eigenvalue weighted by molar-refractivity contribution is 9.10. The minimum atomic E-state index is -1.12.